The van der Waals surface area contributed by atoms with E-state index >= 15 is 0 Å². The Morgan fingerprint density at radius 2 is 2.15 bits per heavy atom. The van der Waals surface area contributed by atoms with Gasteiger partial charge >= 0.3 is 0 Å². The molecule has 1 aliphatic heterocycles. The van der Waals surface area contributed by atoms with Crippen LogP contribution in [0, 0.1) is 0 Å². The lowest BCUT2D eigenvalue weighted by atomic mass is 10.0. The minimum atomic E-state index is -0.265. The maximum Gasteiger partial charge on any atom is 0.254 e. The number of pyridine rings is 2. The average Bonchev–Trinajstić information content (AvgIpc) is 2.72. The molecule has 1 fully saturated rings. The van der Waals surface area contributed by atoms with Crippen LogP contribution in [0.5, 0.6) is 0 Å². The van der Waals surface area contributed by atoms with E-state index in [4.69, 9.17) is 4.74 Å². The van der Waals surface area contributed by atoms with Crippen molar-refractivity contribution in [3.8, 4) is 0 Å². The Bertz CT molecular complexity index is 1000. The highest BCUT2D eigenvalue weighted by atomic mass is 16.5. The molecule has 0 unspecified atom stereocenters. The summed E-state index contributed by atoms with van der Waals surface area (Å²) in [6.45, 7) is 1.68. The van der Waals surface area contributed by atoms with Gasteiger partial charge in [-0.1, -0.05) is 24.3 Å². The lowest BCUT2D eigenvalue weighted by molar-refractivity contribution is -0.00676. The topological polar surface area (TPSA) is 75.3 Å². The van der Waals surface area contributed by atoms with E-state index in [-0.39, 0.29) is 17.6 Å². The van der Waals surface area contributed by atoms with Crippen LogP contribution in [0.3, 0.4) is 0 Å². The zero-order chi connectivity index (χ0) is 18.6. The molecule has 6 heteroatoms. The molecular weight excluding hydrogens is 342 g/mol. The first-order valence-electron chi connectivity index (χ1n) is 9.12. The number of rotatable bonds is 4. The number of carbonyl (C=O) groups excluding carboxylic acids is 1. The van der Waals surface area contributed by atoms with Crippen molar-refractivity contribution >= 4 is 16.8 Å². The summed E-state index contributed by atoms with van der Waals surface area (Å²) >= 11 is 0. The van der Waals surface area contributed by atoms with E-state index in [0.717, 1.165) is 23.8 Å². The van der Waals surface area contributed by atoms with Gasteiger partial charge in [0.05, 0.1) is 18.3 Å². The Balaban J connectivity index is 1.50. The highest BCUT2D eigenvalue weighted by molar-refractivity contribution is 6.05. The number of hydrogen-bond acceptors (Lipinski definition) is 4. The molecule has 138 valence electrons. The van der Waals surface area contributed by atoms with Gasteiger partial charge in [-0.3, -0.25) is 14.6 Å². The maximum absolute atomic E-state index is 13.1. The molecule has 1 atom stereocenters. The molecule has 0 spiro atoms. The number of hydrogen-bond donors (Lipinski definition) is 1. The first-order chi connectivity index (χ1) is 13.2. The minimum Gasteiger partial charge on any atom is -0.372 e. The van der Waals surface area contributed by atoms with Gasteiger partial charge in [0.15, 0.2) is 0 Å². The minimum absolute atomic E-state index is 0.0174. The Kier molecular flexibility index (Phi) is 4.98. The predicted octanol–water partition coefficient (Wildman–Crippen LogP) is 2.74. The van der Waals surface area contributed by atoms with Crippen LogP contribution in [-0.4, -0.2) is 40.0 Å². The number of H-pyrrole nitrogens is 1. The van der Waals surface area contributed by atoms with Crippen molar-refractivity contribution in [2.24, 2.45) is 0 Å². The standard InChI is InChI=1S/C21H21N3O3/c25-20-11-18(17-7-1-2-8-19(17)23-20)21(26)24-10-4-6-16(13-24)27-14-15-5-3-9-22-12-15/h1-3,5,7-9,11-12,16H,4,6,10,13-14H2,(H,23,25)/t16-/m0/s1. The summed E-state index contributed by atoms with van der Waals surface area (Å²) in [5.41, 5.74) is 1.87. The van der Waals surface area contributed by atoms with Crippen LogP contribution in [0.25, 0.3) is 10.9 Å². The van der Waals surface area contributed by atoms with Gasteiger partial charge in [-0.05, 0) is 30.5 Å². The zero-order valence-electron chi connectivity index (χ0n) is 14.9. The van der Waals surface area contributed by atoms with Gasteiger partial charge in [0.25, 0.3) is 5.91 Å². The second-order valence-corrected chi connectivity index (χ2v) is 6.78. The van der Waals surface area contributed by atoms with Crippen molar-refractivity contribution in [2.75, 3.05) is 13.1 Å². The average molecular weight is 363 g/mol. The van der Waals surface area contributed by atoms with Crippen molar-refractivity contribution in [2.45, 2.75) is 25.6 Å². The number of piperidine rings is 1. The molecule has 0 bridgehead atoms. The number of para-hydroxylation sites is 1. The molecule has 0 radical (unpaired) electrons. The fourth-order valence-corrected chi connectivity index (χ4v) is 3.51. The van der Waals surface area contributed by atoms with E-state index in [0.29, 0.717) is 30.8 Å². The molecule has 3 heterocycles. The number of likely N-dealkylation sites (tertiary alicyclic amines) is 1. The van der Waals surface area contributed by atoms with Crippen LogP contribution >= 0.6 is 0 Å². The second kappa shape index (κ2) is 7.72. The molecule has 2 aromatic heterocycles. The van der Waals surface area contributed by atoms with Gasteiger partial charge in [-0.2, -0.15) is 0 Å². The molecule has 1 N–H and O–H groups in total. The van der Waals surface area contributed by atoms with E-state index in [1.54, 1.807) is 17.3 Å². The quantitative estimate of drug-likeness (QED) is 0.773. The number of carbonyl (C=O) groups is 1. The largest absolute Gasteiger partial charge is 0.372 e. The Hall–Kier alpha value is -2.99. The molecule has 1 saturated heterocycles. The molecule has 1 aliphatic rings. The van der Waals surface area contributed by atoms with Gasteiger partial charge < -0.3 is 14.6 Å². The SMILES string of the molecule is O=C(c1cc(=O)[nH]c2ccccc12)N1CCC[C@H](OCc2cccnc2)C1. The Morgan fingerprint density at radius 1 is 1.26 bits per heavy atom. The van der Waals surface area contributed by atoms with Crippen molar-refractivity contribution in [1.29, 1.82) is 0 Å². The lowest BCUT2D eigenvalue weighted by Gasteiger charge is -2.33. The summed E-state index contributed by atoms with van der Waals surface area (Å²) in [6.07, 6.45) is 5.30. The molecule has 27 heavy (non-hydrogen) atoms. The fraction of sp³-hybridized carbons (Fsp3) is 0.286. The molecule has 0 aliphatic carbocycles. The van der Waals surface area contributed by atoms with Crippen LogP contribution in [0.2, 0.25) is 0 Å². The number of aromatic nitrogens is 2. The molecular formula is C21H21N3O3. The van der Waals surface area contributed by atoms with Crippen LogP contribution in [0.15, 0.2) is 59.7 Å². The summed E-state index contributed by atoms with van der Waals surface area (Å²) in [6, 6.07) is 12.6. The van der Waals surface area contributed by atoms with E-state index in [1.807, 2.05) is 36.4 Å². The number of aromatic amines is 1. The van der Waals surface area contributed by atoms with E-state index < -0.39 is 0 Å². The third-order valence-corrected chi connectivity index (χ3v) is 4.85. The van der Waals surface area contributed by atoms with Gasteiger partial charge in [0, 0.05) is 42.5 Å². The van der Waals surface area contributed by atoms with Crippen LogP contribution in [0.1, 0.15) is 28.8 Å². The number of fused-ring (bicyclic) bond motifs is 1. The van der Waals surface area contributed by atoms with Gasteiger partial charge in [-0.25, -0.2) is 0 Å². The van der Waals surface area contributed by atoms with Gasteiger partial charge in [0.1, 0.15) is 0 Å². The zero-order valence-corrected chi connectivity index (χ0v) is 14.9. The number of ether oxygens (including phenoxy) is 1. The Morgan fingerprint density at radius 3 is 3.00 bits per heavy atom. The van der Waals surface area contributed by atoms with E-state index in [9.17, 15) is 9.59 Å². The molecule has 1 amide bonds. The molecule has 0 saturated carbocycles. The fourth-order valence-electron chi connectivity index (χ4n) is 3.51. The Labute approximate surface area is 156 Å². The third-order valence-electron chi connectivity index (χ3n) is 4.85. The van der Waals surface area contributed by atoms with Gasteiger partial charge in [0.2, 0.25) is 5.56 Å². The first kappa shape index (κ1) is 17.4. The molecule has 4 rings (SSSR count). The first-order valence-corrected chi connectivity index (χ1v) is 9.12. The number of amides is 1. The maximum atomic E-state index is 13.1. The summed E-state index contributed by atoms with van der Waals surface area (Å²) in [7, 11) is 0. The van der Waals surface area contributed by atoms with Gasteiger partial charge in [-0.15, -0.1) is 0 Å². The second-order valence-electron chi connectivity index (χ2n) is 6.78. The summed E-state index contributed by atoms with van der Waals surface area (Å²) < 4.78 is 5.99. The number of benzene rings is 1. The molecule has 3 aromatic rings. The summed E-state index contributed by atoms with van der Waals surface area (Å²) in [5.74, 6) is -0.119. The summed E-state index contributed by atoms with van der Waals surface area (Å²) in [4.78, 5) is 33.7. The van der Waals surface area contributed by atoms with Crippen LogP contribution < -0.4 is 5.56 Å². The summed E-state index contributed by atoms with van der Waals surface area (Å²) in [5, 5.41) is 0.764. The smallest absolute Gasteiger partial charge is 0.254 e. The molecule has 6 nitrogen and oxygen atoms in total. The molecule has 1 aromatic carbocycles. The monoisotopic (exact) mass is 363 g/mol. The predicted molar refractivity (Wildman–Crippen MR) is 103 cm³/mol. The van der Waals surface area contributed by atoms with E-state index in [1.165, 1.54) is 6.07 Å². The van der Waals surface area contributed by atoms with Crippen molar-refractivity contribution in [3.63, 3.8) is 0 Å². The van der Waals surface area contributed by atoms with Crippen LogP contribution in [0.4, 0.5) is 0 Å². The lowest BCUT2D eigenvalue weighted by Crippen LogP contribution is -2.43. The number of nitrogens with one attached hydrogen (secondary N) is 1. The third kappa shape index (κ3) is 3.90. The highest BCUT2D eigenvalue weighted by Crippen LogP contribution is 2.21. The van der Waals surface area contributed by atoms with Crippen LogP contribution in [-0.2, 0) is 11.3 Å². The van der Waals surface area contributed by atoms with Crippen molar-refractivity contribution in [3.05, 3.63) is 76.3 Å². The van der Waals surface area contributed by atoms with Crippen molar-refractivity contribution in [1.82, 2.24) is 14.9 Å². The van der Waals surface area contributed by atoms with E-state index in [2.05, 4.69) is 9.97 Å². The number of nitrogens with zero attached hydrogens (tertiary/aromatic N) is 2. The van der Waals surface area contributed by atoms with Crippen molar-refractivity contribution < 1.29 is 9.53 Å². The highest BCUT2D eigenvalue weighted by Gasteiger charge is 2.26. The normalized spacial score (nSPS) is 17.2.